The van der Waals surface area contributed by atoms with Crippen LogP contribution in [0.15, 0.2) is 30.7 Å². The van der Waals surface area contributed by atoms with Gasteiger partial charge in [-0.2, -0.15) is 0 Å². The Morgan fingerprint density at radius 1 is 1.30 bits per heavy atom. The Balaban J connectivity index is 1.71. The highest BCUT2D eigenvalue weighted by atomic mass is 16.1. The summed E-state index contributed by atoms with van der Waals surface area (Å²) in [6.07, 6.45) is 5.35. The van der Waals surface area contributed by atoms with Gasteiger partial charge in [-0.25, -0.2) is 4.98 Å². The number of imidazole rings is 1. The fourth-order valence-corrected chi connectivity index (χ4v) is 2.88. The van der Waals surface area contributed by atoms with E-state index in [1.165, 1.54) is 11.1 Å². The molecule has 4 nitrogen and oxygen atoms in total. The Kier molecular flexibility index (Phi) is 3.30. The molecule has 0 saturated carbocycles. The predicted molar refractivity (Wildman–Crippen MR) is 78.6 cm³/mol. The molecule has 1 aromatic heterocycles. The molecular weight excluding hydrogens is 250 g/mol. The van der Waals surface area contributed by atoms with Crippen molar-refractivity contribution in [3.63, 3.8) is 0 Å². The summed E-state index contributed by atoms with van der Waals surface area (Å²) in [4.78, 5) is 16.5. The lowest BCUT2D eigenvalue weighted by atomic mass is 9.95. The van der Waals surface area contributed by atoms with Gasteiger partial charge in [0.05, 0.1) is 6.33 Å². The Hall–Kier alpha value is -2.10. The molecule has 0 radical (unpaired) electrons. The van der Waals surface area contributed by atoms with E-state index in [0.717, 1.165) is 30.8 Å². The van der Waals surface area contributed by atoms with Crippen LogP contribution in [0.5, 0.6) is 0 Å². The third-order valence-electron chi connectivity index (χ3n) is 3.83. The molecule has 3 rings (SSSR count). The topological polar surface area (TPSA) is 46.9 Å². The largest absolute Gasteiger partial charge is 0.335 e. The quantitative estimate of drug-likeness (QED) is 0.911. The van der Waals surface area contributed by atoms with Gasteiger partial charge < -0.3 is 9.88 Å². The summed E-state index contributed by atoms with van der Waals surface area (Å²) >= 11 is 0. The number of benzene rings is 1. The first-order valence-corrected chi connectivity index (χ1v) is 7.00. The van der Waals surface area contributed by atoms with Crippen molar-refractivity contribution in [1.82, 2.24) is 9.55 Å². The van der Waals surface area contributed by atoms with E-state index in [1.807, 2.05) is 38.5 Å². The Labute approximate surface area is 118 Å². The minimum absolute atomic E-state index is 0.0417. The van der Waals surface area contributed by atoms with Crippen LogP contribution in [0.2, 0.25) is 0 Å². The van der Waals surface area contributed by atoms with Gasteiger partial charge in [-0.05, 0) is 43.5 Å². The van der Waals surface area contributed by atoms with Crippen molar-refractivity contribution in [3.8, 4) is 0 Å². The van der Waals surface area contributed by atoms with Gasteiger partial charge >= 0.3 is 0 Å². The van der Waals surface area contributed by atoms with Crippen LogP contribution in [0, 0.1) is 19.8 Å². The number of aromatic nitrogens is 2. The summed E-state index contributed by atoms with van der Waals surface area (Å²) in [5.74, 6) is 0.155. The van der Waals surface area contributed by atoms with E-state index < -0.39 is 0 Å². The number of fused-ring (bicyclic) bond motifs is 1. The first kappa shape index (κ1) is 12.9. The van der Waals surface area contributed by atoms with Gasteiger partial charge in [-0.1, -0.05) is 6.07 Å². The van der Waals surface area contributed by atoms with E-state index in [9.17, 15) is 4.79 Å². The van der Waals surface area contributed by atoms with Crippen molar-refractivity contribution in [2.45, 2.75) is 33.2 Å². The minimum Gasteiger partial charge on any atom is -0.335 e. The molecule has 20 heavy (non-hydrogen) atoms. The molecule has 0 fully saturated rings. The van der Waals surface area contributed by atoms with Crippen LogP contribution in [-0.2, 0) is 17.8 Å². The van der Waals surface area contributed by atoms with E-state index in [0.29, 0.717) is 0 Å². The van der Waals surface area contributed by atoms with Crippen molar-refractivity contribution in [3.05, 3.63) is 47.5 Å². The van der Waals surface area contributed by atoms with Crippen molar-refractivity contribution >= 4 is 11.6 Å². The molecule has 4 heteroatoms. The standard InChI is InChI=1S/C16H19N3O/c1-11-5-12(2)7-14(6-11)18-16(20)13-3-4-19-10-17-9-15(19)8-13/h5-7,9-10,13H,3-4,8H2,1-2H3,(H,18,20). The highest BCUT2D eigenvalue weighted by Gasteiger charge is 2.24. The van der Waals surface area contributed by atoms with Crippen molar-refractivity contribution < 1.29 is 4.79 Å². The van der Waals surface area contributed by atoms with Crippen LogP contribution in [-0.4, -0.2) is 15.5 Å². The van der Waals surface area contributed by atoms with Gasteiger partial charge in [-0.15, -0.1) is 0 Å². The lowest BCUT2D eigenvalue weighted by molar-refractivity contribution is -0.120. The number of rotatable bonds is 2. The summed E-state index contributed by atoms with van der Waals surface area (Å²) in [6, 6.07) is 6.13. The van der Waals surface area contributed by atoms with Crippen LogP contribution in [0.1, 0.15) is 23.2 Å². The summed E-state index contributed by atoms with van der Waals surface area (Å²) < 4.78 is 2.13. The van der Waals surface area contributed by atoms with Crippen LogP contribution < -0.4 is 5.32 Å². The van der Waals surface area contributed by atoms with Gasteiger partial charge in [0, 0.05) is 36.5 Å². The number of carbonyl (C=O) groups excluding carboxylic acids is 1. The van der Waals surface area contributed by atoms with Gasteiger partial charge in [0.15, 0.2) is 0 Å². The van der Waals surface area contributed by atoms with Crippen LogP contribution in [0.4, 0.5) is 5.69 Å². The zero-order chi connectivity index (χ0) is 14.1. The highest BCUT2D eigenvalue weighted by molar-refractivity contribution is 5.92. The second-order valence-corrected chi connectivity index (χ2v) is 5.63. The van der Waals surface area contributed by atoms with Gasteiger partial charge in [-0.3, -0.25) is 4.79 Å². The number of nitrogens with zero attached hydrogens (tertiary/aromatic N) is 2. The molecule has 0 bridgehead atoms. The number of hydrogen-bond acceptors (Lipinski definition) is 2. The molecule has 1 amide bonds. The summed E-state index contributed by atoms with van der Waals surface area (Å²) in [5, 5.41) is 3.05. The highest BCUT2D eigenvalue weighted by Crippen LogP contribution is 2.22. The Morgan fingerprint density at radius 3 is 2.80 bits per heavy atom. The molecule has 2 heterocycles. The molecule has 0 spiro atoms. The SMILES string of the molecule is Cc1cc(C)cc(NC(=O)C2CCn3cncc3C2)c1. The van der Waals surface area contributed by atoms with Crippen LogP contribution >= 0.6 is 0 Å². The molecule has 2 aromatic rings. The second kappa shape index (κ2) is 5.12. The lowest BCUT2D eigenvalue weighted by Gasteiger charge is -2.23. The van der Waals surface area contributed by atoms with Crippen LogP contribution in [0.25, 0.3) is 0 Å². The number of hydrogen-bond donors (Lipinski definition) is 1. The smallest absolute Gasteiger partial charge is 0.227 e. The monoisotopic (exact) mass is 269 g/mol. The van der Waals surface area contributed by atoms with E-state index in [4.69, 9.17) is 0 Å². The first-order chi connectivity index (χ1) is 9.61. The minimum atomic E-state index is 0.0417. The maximum absolute atomic E-state index is 12.4. The van der Waals surface area contributed by atoms with E-state index in [2.05, 4.69) is 20.9 Å². The molecule has 0 saturated heterocycles. The first-order valence-electron chi connectivity index (χ1n) is 7.00. The molecule has 1 atom stereocenters. The van der Waals surface area contributed by atoms with Crippen LogP contribution in [0.3, 0.4) is 0 Å². The third-order valence-corrected chi connectivity index (χ3v) is 3.83. The van der Waals surface area contributed by atoms with Crippen molar-refractivity contribution in [2.75, 3.05) is 5.32 Å². The van der Waals surface area contributed by atoms with Crippen molar-refractivity contribution in [2.24, 2.45) is 5.92 Å². The van der Waals surface area contributed by atoms with Gasteiger partial charge in [0.25, 0.3) is 0 Å². The second-order valence-electron chi connectivity index (χ2n) is 5.63. The number of anilines is 1. The molecule has 1 aromatic carbocycles. The molecule has 104 valence electrons. The number of carbonyl (C=O) groups is 1. The van der Waals surface area contributed by atoms with Gasteiger partial charge in [0.2, 0.25) is 5.91 Å². The zero-order valence-electron chi connectivity index (χ0n) is 11.9. The number of aryl methyl sites for hydroxylation is 3. The average molecular weight is 269 g/mol. The number of amides is 1. The van der Waals surface area contributed by atoms with E-state index in [1.54, 1.807) is 0 Å². The average Bonchev–Trinajstić information content (AvgIpc) is 2.84. The Bertz CT molecular complexity index is 625. The Morgan fingerprint density at radius 2 is 2.05 bits per heavy atom. The third kappa shape index (κ3) is 2.59. The summed E-state index contributed by atoms with van der Waals surface area (Å²) in [5.41, 5.74) is 4.38. The number of nitrogens with one attached hydrogen (secondary N) is 1. The maximum atomic E-state index is 12.4. The van der Waals surface area contributed by atoms with E-state index >= 15 is 0 Å². The zero-order valence-corrected chi connectivity index (χ0v) is 11.9. The molecular formula is C16H19N3O. The summed E-state index contributed by atoms with van der Waals surface area (Å²) in [7, 11) is 0. The molecule has 0 aliphatic carbocycles. The molecule has 1 unspecified atom stereocenters. The summed E-state index contributed by atoms with van der Waals surface area (Å²) in [6.45, 7) is 4.96. The molecule has 1 N–H and O–H groups in total. The fraction of sp³-hybridized carbons (Fsp3) is 0.375. The normalized spacial score (nSPS) is 17.6. The molecule has 1 aliphatic rings. The predicted octanol–water partition coefficient (Wildman–Crippen LogP) is 2.70. The lowest BCUT2D eigenvalue weighted by Crippen LogP contribution is -2.29. The van der Waals surface area contributed by atoms with Gasteiger partial charge in [0.1, 0.15) is 0 Å². The molecule has 1 aliphatic heterocycles. The maximum Gasteiger partial charge on any atom is 0.227 e. The van der Waals surface area contributed by atoms with Crippen molar-refractivity contribution in [1.29, 1.82) is 0 Å². The fourth-order valence-electron chi connectivity index (χ4n) is 2.88. The van der Waals surface area contributed by atoms with E-state index in [-0.39, 0.29) is 11.8 Å².